The third-order valence-corrected chi connectivity index (χ3v) is 3.09. The number of nitrogens with zero attached hydrogens (tertiary/aromatic N) is 1. The zero-order valence-electron chi connectivity index (χ0n) is 12.9. The van der Waals surface area contributed by atoms with E-state index in [-0.39, 0.29) is 5.56 Å². The second-order valence-corrected chi connectivity index (χ2v) is 6.06. The third kappa shape index (κ3) is 4.49. The lowest BCUT2D eigenvalue weighted by Gasteiger charge is -2.30. The number of carbonyl (C=O) groups excluding carboxylic acids is 2. The Morgan fingerprint density at radius 2 is 1.75 bits per heavy atom. The number of amides is 1. The zero-order valence-corrected chi connectivity index (χ0v) is 12.9. The van der Waals surface area contributed by atoms with Crippen LogP contribution < -0.4 is 5.32 Å². The molecular weight excluding hydrogens is 336 g/mol. The summed E-state index contributed by atoms with van der Waals surface area (Å²) in [5, 5.41) is 12.3. The monoisotopic (exact) mass is 350 g/mol. The summed E-state index contributed by atoms with van der Waals surface area (Å²) in [6.45, 7) is 4.22. The largest absolute Gasteiger partial charge is 0.471 e. The molecule has 0 bridgehead atoms. The van der Waals surface area contributed by atoms with Crippen molar-refractivity contribution in [1.29, 1.82) is 0 Å². The SMILES string of the molecule is CC(C)(C)[C@H](NC(=O)C(F)(F)F)C(=O)c1ccc(F)c([N+](=O)[O-])c1. The Morgan fingerprint density at radius 3 is 2.17 bits per heavy atom. The molecule has 1 N–H and O–H groups in total. The van der Waals surface area contributed by atoms with Crippen molar-refractivity contribution in [2.75, 3.05) is 0 Å². The average Bonchev–Trinajstić information content (AvgIpc) is 2.41. The van der Waals surface area contributed by atoms with Gasteiger partial charge in [-0.05, 0) is 17.5 Å². The number of ketones is 1. The van der Waals surface area contributed by atoms with Gasteiger partial charge in [0.05, 0.1) is 11.0 Å². The quantitative estimate of drug-likeness (QED) is 0.391. The van der Waals surface area contributed by atoms with E-state index in [2.05, 4.69) is 0 Å². The van der Waals surface area contributed by atoms with Crippen LogP contribution >= 0.6 is 0 Å². The second kappa shape index (κ2) is 6.54. The third-order valence-electron chi connectivity index (χ3n) is 3.09. The first-order valence-corrected chi connectivity index (χ1v) is 6.61. The summed E-state index contributed by atoms with van der Waals surface area (Å²) in [5.74, 6) is -4.50. The Kier molecular flexibility index (Phi) is 5.32. The number of halogens is 4. The highest BCUT2D eigenvalue weighted by atomic mass is 19.4. The van der Waals surface area contributed by atoms with Crippen molar-refractivity contribution in [2.24, 2.45) is 5.41 Å². The van der Waals surface area contributed by atoms with Crippen LogP contribution in [0.25, 0.3) is 0 Å². The Balaban J connectivity index is 3.26. The lowest BCUT2D eigenvalue weighted by molar-refractivity contribution is -0.387. The Bertz CT molecular complexity index is 680. The van der Waals surface area contributed by atoms with Crippen molar-refractivity contribution in [2.45, 2.75) is 33.0 Å². The van der Waals surface area contributed by atoms with Gasteiger partial charge < -0.3 is 5.32 Å². The molecule has 1 atom stereocenters. The predicted molar refractivity (Wildman–Crippen MR) is 74.8 cm³/mol. The summed E-state index contributed by atoms with van der Waals surface area (Å²) >= 11 is 0. The van der Waals surface area contributed by atoms with Crippen molar-refractivity contribution in [3.05, 3.63) is 39.7 Å². The van der Waals surface area contributed by atoms with Gasteiger partial charge in [0, 0.05) is 11.6 Å². The van der Waals surface area contributed by atoms with E-state index in [4.69, 9.17) is 0 Å². The van der Waals surface area contributed by atoms with Gasteiger partial charge >= 0.3 is 17.8 Å². The number of hydrogen-bond donors (Lipinski definition) is 1. The highest BCUT2D eigenvalue weighted by molar-refractivity contribution is 6.03. The van der Waals surface area contributed by atoms with Crippen molar-refractivity contribution >= 4 is 17.4 Å². The molecule has 0 radical (unpaired) electrons. The maximum atomic E-state index is 13.3. The number of hydrogen-bond acceptors (Lipinski definition) is 4. The van der Waals surface area contributed by atoms with Crippen LogP contribution in [0, 0.1) is 21.3 Å². The molecule has 0 unspecified atom stereocenters. The first kappa shape index (κ1) is 19.5. The van der Waals surface area contributed by atoms with E-state index in [1.54, 1.807) is 5.32 Å². The van der Waals surface area contributed by atoms with Crippen molar-refractivity contribution < 1.29 is 32.1 Å². The van der Waals surface area contributed by atoms with Gasteiger partial charge in [0.1, 0.15) is 0 Å². The van der Waals surface area contributed by atoms with Gasteiger partial charge in [-0.25, -0.2) is 0 Å². The number of rotatable bonds is 4. The minimum atomic E-state index is -5.20. The summed E-state index contributed by atoms with van der Waals surface area (Å²) < 4.78 is 50.6. The summed E-state index contributed by atoms with van der Waals surface area (Å²) in [6.07, 6.45) is -5.20. The molecule has 0 aliphatic carbocycles. The maximum Gasteiger partial charge on any atom is 0.471 e. The van der Waals surface area contributed by atoms with Crippen LogP contribution in [0.3, 0.4) is 0 Å². The first-order chi connectivity index (χ1) is 10.7. The number of nitro benzene ring substituents is 1. The molecule has 1 rings (SSSR count). The van der Waals surface area contributed by atoms with Crippen LogP contribution in [-0.4, -0.2) is 28.8 Å². The molecule has 0 aromatic heterocycles. The van der Waals surface area contributed by atoms with Gasteiger partial charge in [-0.2, -0.15) is 17.6 Å². The molecule has 1 aromatic carbocycles. The molecule has 6 nitrogen and oxygen atoms in total. The van der Waals surface area contributed by atoms with Crippen LogP contribution in [0.4, 0.5) is 23.2 Å². The van der Waals surface area contributed by atoms with E-state index < -0.39 is 45.8 Å². The number of benzene rings is 1. The summed E-state index contributed by atoms with van der Waals surface area (Å²) in [7, 11) is 0. The molecule has 0 fully saturated rings. The molecule has 1 amide bonds. The fourth-order valence-corrected chi connectivity index (χ4v) is 1.86. The van der Waals surface area contributed by atoms with Crippen LogP contribution in [0.2, 0.25) is 0 Å². The molecule has 0 saturated carbocycles. The standard InChI is InChI=1S/C14H14F4N2O4/c1-13(2,3)11(19-12(22)14(16,17)18)10(21)7-4-5-8(15)9(6-7)20(23)24/h4-6,11H,1-3H3,(H,19,22)/t11-/m1/s1. The average molecular weight is 350 g/mol. The molecule has 24 heavy (non-hydrogen) atoms. The second-order valence-electron chi connectivity index (χ2n) is 6.06. The van der Waals surface area contributed by atoms with Gasteiger partial charge in [-0.15, -0.1) is 0 Å². The first-order valence-electron chi connectivity index (χ1n) is 6.61. The number of Topliss-reactive ketones (excluding diaryl/α,β-unsaturated/α-hetero) is 1. The number of carbonyl (C=O) groups is 2. The molecule has 1 aromatic rings. The van der Waals surface area contributed by atoms with E-state index in [0.717, 1.165) is 6.07 Å². The minimum Gasteiger partial charge on any atom is -0.338 e. The molecule has 132 valence electrons. The van der Waals surface area contributed by atoms with Gasteiger partial charge in [-0.1, -0.05) is 20.8 Å². The molecule has 0 heterocycles. The normalized spacial score (nSPS) is 13.3. The Morgan fingerprint density at radius 1 is 1.21 bits per heavy atom. The van der Waals surface area contributed by atoms with Crippen LogP contribution in [0.15, 0.2) is 18.2 Å². The summed E-state index contributed by atoms with van der Waals surface area (Å²) in [4.78, 5) is 33.2. The van der Waals surface area contributed by atoms with Crippen molar-refractivity contribution in [3.63, 3.8) is 0 Å². The zero-order chi connectivity index (χ0) is 18.9. The van der Waals surface area contributed by atoms with Gasteiger partial charge in [-0.3, -0.25) is 19.7 Å². The smallest absolute Gasteiger partial charge is 0.338 e. The van der Waals surface area contributed by atoms with Crippen molar-refractivity contribution in [3.8, 4) is 0 Å². The number of alkyl halides is 3. The van der Waals surface area contributed by atoms with Crippen molar-refractivity contribution in [1.82, 2.24) is 5.32 Å². The maximum absolute atomic E-state index is 13.3. The molecule has 0 aliphatic rings. The lowest BCUT2D eigenvalue weighted by atomic mass is 9.82. The van der Waals surface area contributed by atoms with Gasteiger partial charge in [0.2, 0.25) is 5.82 Å². The Hall–Kier alpha value is -2.52. The van der Waals surface area contributed by atoms with Crippen LogP contribution in [0.5, 0.6) is 0 Å². The van der Waals surface area contributed by atoms with E-state index in [1.807, 2.05) is 0 Å². The minimum absolute atomic E-state index is 0.384. The van der Waals surface area contributed by atoms with E-state index >= 15 is 0 Å². The highest BCUT2D eigenvalue weighted by Gasteiger charge is 2.43. The molecule has 0 saturated heterocycles. The van der Waals surface area contributed by atoms with Gasteiger partial charge in [0.15, 0.2) is 5.78 Å². The fourth-order valence-electron chi connectivity index (χ4n) is 1.86. The topological polar surface area (TPSA) is 89.3 Å². The lowest BCUT2D eigenvalue weighted by Crippen LogP contribution is -2.52. The molecule has 0 spiro atoms. The highest BCUT2D eigenvalue weighted by Crippen LogP contribution is 2.27. The predicted octanol–water partition coefficient (Wildman–Crippen LogP) is 3.01. The van der Waals surface area contributed by atoms with Gasteiger partial charge in [0.25, 0.3) is 0 Å². The molecular formula is C14H14F4N2O4. The number of nitrogens with one attached hydrogen (secondary N) is 1. The van der Waals surface area contributed by atoms with E-state index in [1.165, 1.54) is 20.8 Å². The molecule has 10 heteroatoms. The number of nitro groups is 1. The van der Waals surface area contributed by atoms with E-state index in [9.17, 15) is 37.3 Å². The summed E-state index contributed by atoms with van der Waals surface area (Å²) in [5.41, 5.74) is -2.50. The summed E-state index contributed by atoms with van der Waals surface area (Å²) in [6, 6.07) is 0.576. The Labute approximate surface area is 134 Å². The molecule has 0 aliphatic heterocycles. The van der Waals surface area contributed by atoms with E-state index in [0.29, 0.717) is 12.1 Å². The van der Waals surface area contributed by atoms with Crippen LogP contribution in [0.1, 0.15) is 31.1 Å². The van der Waals surface area contributed by atoms with Crippen LogP contribution in [-0.2, 0) is 4.79 Å². The fraction of sp³-hybridized carbons (Fsp3) is 0.429.